The molecule has 1 aliphatic rings. The lowest BCUT2D eigenvalue weighted by Gasteiger charge is -2.35. The molecule has 0 aliphatic carbocycles. The van der Waals surface area contributed by atoms with Crippen LogP contribution in [0.15, 0.2) is 32.8 Å². The van der Waals surface area contributed by atoms with E-state index < -0.39 is 0 Å². The molecular formula is C16H17BrN2O3S. The van der Waals surface area contributed by atoms with Crippen molar-refractivity contribution in [3.05, 3.63) is 38.3 Å². The first-order valence-electron chi connectivity index (χ1n) is 7.48. The molecule has 0 atom stereocenters. The minimum absolute atomic E-state index is 0.0460. The predicted molar refractivity (Wildman–Crippen MR) is 96.6 cm³/mol. The highest BCUT2D eigenvalue weighted by Crippen LogP contribution is 2.25. The predicted octanol–water partition coefficient (Wildman–Crippen LogP) is 3.30. The number of halogens is 1. The average Bonchev–Trinajstić information content (AvgIpc) is 2.56. The molecule has 2 aromatic rings. The first-order chi connectivity index (χ1) is 11.1. The van der Waals surface area contributed by atoms with E-state index in [2.05, 4.69) is 20.8 Å². The van der Waals surface area contributed by atoms with Crippen molar-refractivity contribution in [2.45, 2.75) is 6.92 Å². The molecule has 0 N–H and O–H groups in total. The molecule has 1 aromatic heterocycles. The molecule has 0 bridgehead atoms. The second-order valence-corrected chi connectivity index (χ2v) is 7.09. The lowest BCUT2D eigenvalue weighted by Crippen LogP contribution is -2.49. The zero-order valence-electron chi connectivity index (χ0n) is 12.8. The second-order valence-electron chi connectivity index (χ2n) is 5.26. The maximum atomic E-state index is 12.7. The summed E-state index contributed by atoms with van der Waals surface area (Å²) in [6, 6.07) is 5.76. The standard InChI is InChI=1S/C16H17BrN2O3S/c1-2-22-16(21)19-7-5-18(6-8-19)13-10-23-14-4-3-11(17)9-12(14)15(13)20/h3-4,9-10H,2,5-8H2,1H3. The van der Waals surface area contributed by atoms with E-state index in [0.29, 0.717) is 38.5 Å². The number of rotatable bonds is 2. The lowest BCUT2D eigenvalue weighted by atomic mass is 10.2. The molecule has 1 amide bonds. The Morgan fingerprint density at radius 1 is 1.30 bits per heavy atom. The Balaban J connectivity index is 1.81. The second kappa shape index (κ2) is 6.88. The molecule has 0 spiro atoms. The number of amides is 1. The van der Waals surface area contributed by atoms with Gasteiger partial charge in [0.25, 0.3) is 0 Å². The SMILES string of the molecule is CCOC(=O)N1CCN(c2csc3ccc(Br)cc3c2=O)CC1. The van der Waals surface area contributed by atoms with Crippen LogP contribution in [0.25, 0.3) is 10.1 Å². The van der Waals surface area contributed by atoms with Gasteiger partial charge in [0, 0.05) is 46.1 Å². The number of nitrogens with zero attached hydrogens (tertiary/aromatic N) is 2. The van der Waals surface area contributed by atoms with Gasteiger partial charge in [0.2, 0.25) is 5.43 Å². The number of benzene rings is 1. The van der Waals surface area contributed by atoms with Gasteiger partial charge in [0.05, 0.1) is 12.3 Å². The van der Waals surface area contributed by atoms with Crippen molar-refractivity contribution in [1.82, 2.24) is 4.90 Å². The van der Waals surface area contributed by atoms with Crippen LogP contribution in [0.1, 0.15) is 6.92 Å². The quantitative estimate of drug-likeness (QED) is 0.781. The maximum Gasteiger partial charge on any atom is 0.409 e. The van der Waals surface area contributed by atoms with E-state index in [1.165, 1.54) is 0 Å². The third-order valence-electron chi connectivity index (χ3n) is 3.86. The van der Waals surface area contributed by atoms with Gasteiger partial charge in [-0.2, -0.15) is 0 Å². The lowest BCUT2D eigenvalue weighted by molar-refractivity contribution is 0.105. The number of carbonyl (C=O) groups is 1. The molecule has 122 valence electrons. The summed E-state index contributed by atoms with van der Waals surface area (Å²) in [7, 11) is 0. The number of hydrogen-bond acceptors (Lipinski definition) is 5. The average molecular weight is 397 g/mol. The fourth-order valence-corrected chi connectivity index (χ4v) is 3.94. The molecule has 5 nitrogen and oxygen atoms in total. The van der Waals surface area contributed by atoms with E-state index in [9.17, 15) is 9.59 Å². The summed E-state index contributed by atoms with van der Waals surface area (Å²) in [4.78, 5) is 28.2. The summed E-state index contributed by atoms with van der Waals surface area (Å²) in [5, 5.41) is 2.65. The van der Waals surface area contributed by atoms with Gasteiger partial charge in [-0.15, -0.1) is 11.3 Å². The fourth-order valence-electron chi connectivity index (χ4n) is 2.66. The van der Waals surface area contributed by atoms with E-state index in [4.69, 9.17) is 4.74 Å². The summed E-state index contributed by atoms with van der Waals surface area (Å²) in [6.45, 7) is 4.59. The third kappa shape index (κ3) is 3.35. The molecule has 0 saturated carbocycles. The molecule has 3 rings (SSSR count). The van der Waals surface area contributed by atoms with Crippen LogP contribution in [-0.2, 0) is 4.74 Å². The Morgan fingerprint density at radius 3 is 2.74 bits per heavy atom. The van der Waals surface area contributed by atoms with Gasteiger partial charge in [0.1, 0.15) is 0 Å². The van der Waals surface area contributed by atoms with E-state index in [0.717, 1.165) is 14.6 Å². The minimum atomic E-state index is -0.278. The Kier molecular flexibility index (Phi) is 4.87. The molecule has 1 saturated heterocycles. The van der Waals surface area contributed by atoms with Crippen molar-refractivity contribution in [2.75, 3.05) is 37.7 Å². The van der Waals surface area contributed by atoms with Crippen LogP contribution in [0.2, 0.25) is 0 Å². The number of piperazine rings is 1. The van der Waals surface area contributed by atoms with Crippen LogP contribution in [-0.4, -0.2) is 43.8 Å². The normalized spacial score (nSPS) is 15.0. The molecule has 1 aliphatic heterocycles. The maximum absolute atomic E-state index is 12.7. The van der Waals surface area contributed by atoms with Gasteiger partial charge in [-0.25, -0.2) is 4.79 Å². The Labute approximate surface area is 146 Å². The largest absolute Gasteiger partial charge is 0.450 e. The van der Waals surface area contributed by atoms with Gasteiger partial charge in [-0.1, -0.05) is 15.9 Å². The molecule has 0 unspecified atom stereocenters. The van der Waals surface area contributed by atoms with Crippen LogP contribution in [0.5, 0.6) is 0 Å². The van der Waals surface area contributed by atoms with Crippen LogP contribution < -0.4 is 10.3 Å². The molecule has 2 heterocycles. The molecule has 1 aromatic carbocycles. The van der Waals surface area contributed by atoms with Crippen molar-refractivity contribution in [3.8, 4) is 0 Å². The summed E-state index contributed by atoms with van der Waals surface area (Å²) in [6.07, 6.45) is -0.278. The first kappa shape index (κ1) is 16.3. The van der Waals surface area contributed by atoms with Crippen LogP contribution in [0.3, 0.4) is 0 Å². The van der Waals surface area contributed by atoms with E-state index in [1.54, 1.807) is 23.2 Å². The Morgan fingerprint density at radius 2 is 2.04 bits per heavy atom. The highest BCUT2D eigenvalue weighted by molar-refractivity contribution is 9.10. The smallest absolute Gasteiger partial charge is 0.409 e. The third-order valence-corrected chi connectivity index (χ3v) is 5.31. The summed E-state index contributed by atoms with van der Waals surface area (Å²) < 4.78 is 6.90. The fraction of sp³-hybridized carbons (Fsp3) is 0.375. The van der Waals surface area contributed by atoms with Crippen LogP contribution in [0, 0.1) is 0 Å². The molecule has 23 heavy (non-hydrogen) atoms. The van der Waals surface area contributed by atoms with Gasteiger partial charge < -0.3 is 14.5 Å². The van der Waals surface area contributed by atoms with Crippen molar-refractivity contribution in [1.29, 1.82) is 0 Å². The van der Waals surface area contributed by atoms with Crippen molar-refractivity contribution < 1.29 is 9.53 Å². The highest BCUT2D eigenvalue weighted by Gasteiger charge is 2.23. The number of anilines is 1. The Hall–Kier alpha value is -1.60. The number of fused-ring (bicyclic) bond motifs is 1. The van der Waals surface area contributed by atoms with E-state index >= 15 is 0 Å². The van der Waals surface area contributed by atoms with Crippen molar-refractivity contribution >= 4 is 49.1 Å². The van der Waals surface area contributed by atoms with Gasteiger partial charge in [-0.3, -0.25) is 4.79 Å². The van der Waals surface area contributed by atoms with E-state index in [1.807, 2.05) is 23.6 Å². The topological polar surface area (TPSA) is 49.9 Å². The summed E-state index contributed by atoms with van der Waals surface area (Å²) in [5.41, 5.74) is 0.758. The summed E-state index contributed by atoms with van der Waals surface area (Å²) in [5.74, 6) is 0. The van der Waals surface area contributed by atoms with Gasteiger partial charge >= 0.3 is 6.09 Å². The number of ether oxygens (including phenoxy) is 1. The molecular weight excluding hydrogens is 380 g/mol. The Bertz CT molecular complexity index is 784. The zero-order valence-corrected chi connectivity index (χ0v) is 15.2. The summed E-state index contributed by atoms with van der Waals surface area (Å²) >= 11 is 4.99. The molecule has 7 heteroatoms. The van der Waals surface area contributed by atoms with Crippen LogP contribution in [0.4, 0.5) is 10.5 Å². The zero-order chi connectivity index (χ0) is 16.4. The van der Waals surface area contributed by atoms with Gasteiger partial charge in [0.15, 0.2) is 0 Å². The number of carbonyl (C=O) groups excluding carboxylic acids is 1. The minimum Gasteiger partial charge on any atom is -0.450 e. The highest BCUT2D eigenvalue weighted by atomic mass is 79.9. The van der Waals surface area contributed by atoms with Crippen LogP contribution >= 0.6 is 27.3 Å². The van der Waals surface area contributed by atoms with E-state index in [-0.39, 0.29) is 11.5 Å². The number of hydrogen-bond donors (Lipinski definition) is 0. The molecule has 0 radical (unpaired) electrons. The van der Waals surface area contributed by atoms with Crippen molar-refractivity contribution in [2.24, 2.45) is 0 Å². The van der Waals surface area contributed by atoms with Crippen molar-refractivity contribution in [3.63, 3.8) is 0 Å². The molecule has 1 fully saturated rings. The first-order valence-corrected chi connectivity index (χ1v) is 9.15. The monoisotopic (exact) mass is 396 g/mol. The van der Waals surface area contributed by atoms with Gasteiger partial charge in [-0.05, 0) is 25.1 Å².